The van der Waals surface area contributed by atoms with Crippen molar-refractivity contribution in [3.8, 4) is 0 Å². The summed E-state index contributed by atoms with van der Waals surface area (Å²) in [5.41, 5.74) is 9.31. The second kappa shape index (κ2) is 4.81. The number of hydrogen-bond acceptors (Lipinski definition) is 3. The molecule has 1 unspecified atom stereocenters. The summed E-state index contributed by atoms with van der Waals surface area (Å²) in [4.78, 5) is 2.33. The Morgan fingerprint density at radius 3 is 2.83 bits per heavy atom. The fourth-order valence-corrected chi connectivity index (χ4v) is 2.66. The van der Waals surface area contributed by atoms with E-state index in [-0.39, 0.29) is 11.6 Å². The molecule has 18 heavy (non-hydrogen) atoms. The maximum atomic E-state index is 9.96. The van der Waals surface area contributed by atoms with Crippen LogP contribution in [0, 0.1) is 0 Å². The monoisotopic (exact) mass is 248 g/mol. The van der Waals surface area contributed by atoms with Crippen LogP contribution in [0.25, 0.3) is 0 Å². The summed E-state index contributed by atoms with van der Waals surface area (Å²) in [6.07, 6.45) is 2.68. The molecule has 0 radical (unpaired) electrons. The lowest BCUT2D eigenvalue weighted by molar-refractivity contribution is 0.166. The van der Waals surface area contributed by atoms with Crippen LogP contribution >= 0.6 is 0 Å². The molecule has 1 aliphatic heterocycles. The first kappa shape index (κ1) is 13.2. The number of nitrogens with zero attached hydrogens (tertiary/aromatic N) is 1. The quantitative estimate of drug-likeness (QED) is 0.808. The molecular weight excluding hydrogens is 224 g/mol. The van der Waals surface area contributed by atoms with Gasteiger partial charge in [0.05, 0.1) is 6.10 Å². The third-order valence-corrected chi connectivity index (χ3v) is 4.00. The third-order valence-electron chi connectivity index (χ3n) is 4.00. The minimum atomic E-state index is -0.271. The van der Waals surface area contributed by atoms with E-state index in [1.807, 2.05) is 13.0 Å². The average Bonchev–Trinajstić information content (AvgIpc) is 2.32. The van der Waals surface area contributed by atoms with Gasteiger partial charge in [0.2, 0.25) is 0 Å². The largest absolute Gasteiger partial charge is 0.399 e. The smallest absolute Gasteiger partial charge is 0.0712 e. The van der Waals surface area contributed by atoms with Gasteiger partial charge in [-0.1, -0.05) is 6.92 Å². The van der Waals surface area contributed by atoms with E-state index in [9.17, 15) is 5.11 Å². The van der Waals surface area contributed by atoms with Gasteiger partial charge in [0.25, 0.3) is 0 Å². The number of nitrogens with two attached hydrogens (primary N) is 1. The zero-order chi connectivity index (χ0) is 13.3. The van der Waals surface area contributed by atoms with E-state index in [2.05, 4.69) is 30.9 Å². The van der Waals surface area contributed by atoms with E-state index in [0.717, 1.165) is 24.9 Å². The molecule has 0 saturated heterocycles. The van der Waals surface area contributed by atoms with E-state index in [4.69, 9.17) is 5.73 Å². The highest BCUT2D eigenvalue weighted by atomic mass is 16.3. The maximum absolute atomic E-state index is 9.96. The molecule has 1 aliphatic rings. The van der Waals surface area contributed by atoms with E-state index in [1.54, 1.807) is 0 Å². The highest BCUT2D eigenvalue weighted by molar-refractivity contribution is 5.62. The summed E-state index contributed by atoms with van der Waals surface area (Å²) in [7, 11) is 0. The van der Waals surface area contributed by atoms with Crippen LogP contribution in [0.4, 0.5) is 11.4 Å². The van der Waals surface area contributed by atoms with Crippen molar-refractivity contribution in [2.24, 2.45) is 0 Å². The Morgan fingerprint density at radius 2 is 2.17 bits per heavy atom. The van der Waals surface area contributed by atoms with Crippen LogP contribution in [0.3, 0.4) is 0 Å². The van der Waals surface area contributed by atoms with E-state index in [0.29, 0.717) is 6.54 Å². The molecule has 0 bridgehead atoms. The molecule has 0 amide bonds. The average molecular weight is 248 g/mol. The minimum absolute atomic E-state index is 0.0965. The van der Waals surface area contributed by atoms with Crippen molar-refractivity contribution in [3.05, 3.63) is 23.8 Å². The Balaban J connectivity index is 2.35. The molecular formula is C15H24N2O. The van der Waals surface area contributed by atoms with Gasteiger partial charge in [0, 0.05) is 23.5 Å². The molecule has 0 spiro atoms. The molecule has 1 atom stereocenters. The van der Waals surface area contributed by atoms with Gasteiger partial charge in [-0.25, -0.2) is 0 Å². The Bertz CT molecular complexity index is 429. The molecule has 1 aromatic rings. The van der Waals surface area contributed by atoms with E-state index in [1.165, 1.54) is 11.3 Å². The van der Waals surface area contributed by atoms with Crippen molar-refractivity contribution in [2.45, 2.75) is 51.7 Å². The number of aliphatic hydroxyl groups is 1. The molecule has 100 valence electrons. The molecule has 0 aromatic heterocycles. The van der Waals surface area contributed by atoms with Crippen LogP contribution in [0.15, 0.2) is 18.2 Å². The lowest BCUT2D eigenvalue weighted by Gasteiger charge is -2.46. The lowest BCUT2D eigenvalue weighted by atomic mass is 9.86. The summed E-state index contributed by atoms with van der Waals surface area (Å²) in [6, 6.07) is 6.11. The summed E-state index contributed by atoms with van der Waals surface area (Å²) < 4.78 is 0. The number of aliphatic hydroxyl groups excluding tert-OH is 1. The number of anilines is 2. The minimum Gasteiger partial charge on any atom is -0.399 e. The number of fused-ring (bicyclic) bond motifs is 1. The number of rotatable bonds is 3. The zero-order valence-electron chi connectivity index (χ0n) is 11.6. The van der Waals surface area contributed by atoms with Crippen molar-refractivity contribution >= 4 is 11.4 Å². The highest BCUT2D eigenvalue weighted by Gasteiger charge is 2.33. The van der Waals surface area contributed by atoms with Gasteiger partial charge >= 0.3 is 0 Å². The summed E-state index contributed by atoms with van der Waals surface area (Å²) in [5.74, 6) is 0. The highest BCUT2D eigenvalue weighted by Crippen LogP contribution is 2.37. The van der Waals surface area contributed by atoms with E-state index >= 15 is 0 Å². The van der Waals surface area contributed by atoms with Gasteiger partial charge in [-0.05, 0) is 56.9 Å². The fraction of sp³-hybridized carbons (Fsp3) is 0.600. The fourth-order valence-electron chi connectivity index (χ4n) is 2.66. The van der Waals surface area contributed by atoms with Crippen molar-refractivity contribution in [1.82, 2.24) is 0 Å². The molecule has 2 rings (SSSR count). The topological polar surface area (TPSA) is 49.5 Å². The molecule has 1 heterocycles. The first-order valence-electron chi connectivity index (χ1n) is 6.78. The summed E-state index contributed by atoms with van der Waals surface area (Å²) in [5, 5.41) is 9.96. The Hall–Kier alpha value is -1.22. The molecule has 0 aliphatic carbocycles. The second-order valence-electron chi connectivity index (χ2n) is 5.87. The van der Waals surface area contributed by atoms with Crippen LogP contribution in [0.2, 0.25) is 0 Å². The lowest BCUT2D eigenvalue weighted by Crippen LogP contribution is -2.50. The van der Waals surface area contributed by atoms with Crippen molar-refractivity contribution in [3.63, 3.8) is 0 Å². The normalized spacial score (nSPS) is 19.4. The number of nitrogen functional groups attached to an aromatic ring is 1. The van der Waals surface area contributed by atoms with Crippen LogP contribution < -0.4 is 10.6 Å². The summed E-state index contributed by atoms with van der Waals surface area (Å²) >= 11 is 0. The number of hydrogen-bond donors (Lipinski definition) is 2. The summed E-state index contributed by atoms with van der Waals surface area (Å²) in [6.45, 7) is 7.20. The number of aryl methyl sites for hydroxylation is 1. The Kier molecular flexibility index (Phi) is 3.53. The maximum Gasteiger partial charge on any atom is 0.0712 e. The first-order valence-corrected chi connectivity index (χ1v) is 6.78. The predicted molar refractivity (Wildman–Crippen MR) is 76.9 cm³/mol. The second-order valence-corrected chi connectivity index (χ2v) is 5.87. The molecule has 1 aromatic carbocycles. The van der Waals surface area contributed by atoms with Crippen molar-refractivity contribution in [1.29, 1.82) is 0 Å². The molecule has 3 N–H and O–H groups in total. The Labute approximate surface area is 110 Å². The van der Waals surface area contributed by atoms with Gasteiger partial charge in [-0.3, -0.25) is 0 Å². The van der Waals surface area contributed by atoms with E-state index < -0.39 is 0 Å². The molecule has 0 saturated carbocycles. The standard InChI is InChI=1S/C15H24N2O/c1-4-13(18)10-17-14-6-5-12(16)9-11(14)7-8-15(17,2)3/h5-6,9,13,18H,4,7-8,10,16H2,1-3H3. The van der Waals surface area contributed by atoms with Crippen LogP contribution in [0.1, 0.15) is 39.2 Å². The van der Waals surface area contributed by atoms with Crippen LogP contribution in [0.5, 0.6) is 0 Å². The molecule has 3 nitrogen and oxygen atoms in total. The van der Waals surface area contributed by atoms with Gasteiger partial charge in [0.15, 0.2) is 0 Å². The van der Waals surface area contributed by atoms with Gasteiger partial charge in [-0.15, -0.1) is 0 Å². The first-order chi connectivity index (χ1) is 8.44. The third kappa shape index (κ3) is 2.46. The molecule has 0 fully saturated rings. The zero-order valence-corrected chi connectivity index (χ0v) is 11.6. The van der Waals surface area contributed by atoms with Gasteiger partial charge in [-0.2, -0.15) is 0 Å². The van der Waals surface area contributed by atoms with Gasteiger partial charge < -0.3 is 15.7 Å². The van der Waals surface area contributed by atoms with Gasteiger partial charge in [0.1, 0.15) is 0 Å². The van der Waals surface area contributed by atoms with Crippen molar-refractivity contribution in [2.75, 3.05) is 17.2 Å². The Morgan fingerprint density at radius 1 is 1.44 bits per heavy atom. The van der Waals surface area contributed by atoms with Crippen LogP contribution in [-0.4, -0.2) is 23.3 Å². The van der Waals surface area contributed by atoms with Crippen molar-refractivity contribution < 1.29 is 5.11 Å². The number of β-amino-alcohol motifs (C(OH)–C–C–N with tert-alkyl or cyclic N) is 1. The number of benzene rings is 1. The predicted octanol–water partition coefficient (Wildman–Crippen LogP) is 2.57. The van der Waals surface area contributed by atoms with Crippen LogP contribution in [-0.2, 0) is 6.42 Å². The molecule has 3 heteroatoms. The SMILES string of the molecule is CCC(O)CN1c2ccc(N)cc2CCC1(C)C.